The molecule has 176 valence electrons. The minimum absolute atomic E-state index is 0.323. The Hall–Kier alpha value is -2.53. The van der Waals surface area contributed by atoms with E-state index in [1.165, 1.54) is 11.1 Å². The number of rotatable bonds is 12. The summed E-state index contributed by atoms with van der Waals surface area (Å²) in [7, 11) is 1.69. The summed E-state index contributed by atoms with van der Waals surface area (Å²) in [6.45, 7) is 6.91. The molecule has 0 saturated carbocycles. The number of hydrogen-bond acceptors (Lipinski definition) is 4. The molecule has 0 saturated heterocycles. The molecule has 1 unspecified atom stereocenters. The Kier molecular flexibility index (Phi) is 9.61. The summed E-state index contributed by atoms with van der Waals surface area (Å²) in [5.74, 6) is 3.06. The van der Waals surface area contributed by atoms with Crippen LogP contribution in [0, 0.1) is 5.92 Å². The highest BCUT2D eigenvalue weighted by Crippen LogP contribution is 2.25. The molecule has 3 aromatic rings. The van der Waals surface area contributed by atoms with Gasteiger partial charge < -0.3 is 15.2 Å². The van der Waals surface area contributed by atoms with Gasteiger partial charge in [-0.2, -0.15) is 0 Å². The van der Waals surface area contributed by atoms with Gasteiger partial charge in [-0.05, 0) is 78.4 Å². The van der Waals surface area contributed by atoms with Gasteiger partial charge in [-0.3, -0.25) is 4.90 Å². The predicted octanol–water partition coefficient (Wildman–Crippen LogP) is 6.56. The Morgan fingerprint density at radius 3 is 2.21 bits per heavy atom. The summed E-state index contributed by atoms with van der Waals surface area (Å²) in [4.78, 5) is 2.51. The van der Waals surface area contributed by atoms with E-state index < -0.39 is 0 Å². The molecule has 4 nitrogen and oxygen atoms in total. The van der Waals surface area contributed by atoms with Crippen molar-refractivity contribution in [1.29, 1.82) is 0 Å². The van der Waals surface area contributed by atoms with Crippen molar-refractivity contribution >= 4 is 11.6 Å². The quantitative estimate of drug-likeness (QED) is 0.328. The van der Waals surface area contributed by atoms with Crippen LogP contribution in [0.1, 0.15) is 31.4 Å². The molecule has 0 aliphatic carbocycles. The molecular formula is C28H35ClN2O2. The fourth-order valence-corrected chi connectivity index (χ4v) is 4.10. The van der Waals surface area contributed by atoms with Crippen molar-refractivity contribution in [2.24, 2.45) is 11.7 Å². The fraction of sp³-hybridized carbons (Fsp3) is 0.357. The first kappa shape index (κ1) is 25.1. The molecule has 5 heteroatoms. The lowest BCUT2D eigenvalue weighted by atomic mass is 10.0. The standard InChI is InChI=1S/C28H35ClN2O2/c1-21(2)17-25(19-30)31(16-15-22-7-11-26(32-3)12-8-22)20-23-5-4-6-28(18-23)33-27-13-9-24(29)10-14-27/h4-14,18,21,25H,15-17,19-20,30H2,1-3H3. The summed E-state index contributed by atoms with van der Waals surface area (Å²) in [5, 5.41) is 0.696. The van der Waals surface area contributed by atoms with E-state index in [0.717, 1.165) is 43.2 Å². The van der Waals surface area contributed by atoms with Gasteiger partial charge in [0.1, 0.15) is 17.2 Å². The van der Waals surface area contributed by atoms with Gasteiger partial charge in [-0.25, -0.2) is 0 Å². The third kappa shape index (κ3) is 8.08. The largest absolute Gasteiger partial charge is 0.497 e. The second kappa shape index (κ2) is 12.6. The van der Waals surface area contributed by atoms with Crippen molar-refractivity contribution in [3.8, 4) is 17.2 Å². The molecule has 0 bridgehead atoms. The van der Waals surface area contributed by atoms with Crippen molar-refractivity contribution in [1.82, 2.24) is 4.90 Å². The molecule has 0 aliphatic rings. The average Bonchev–Trinajstić information content (AvgIpc) is 2.82. The summed E-state index contributed by atoms with van der Waals surface area (Å²) < 4.78 is 11.3. The molecule has 1 atom stereocenters. The zero-order valence-corrected chi connectivity index (χ0v) is 20.6. The summed E-state index contributed by atoms with van der Waals surface area (Å²) in [6.07, 6.45) is 2.03. The van der Waals surface area contributed by atoms with Crippen molar-refractivity contribution in [2.75, 3.05) is 20.2 Å². The molecular weight excluding hydrogens is 432 g/mol. The Labute approximate surface area is 203 Å². The van der Waals surface area contributed by atoms with Crippen molar-refractivity contribution in [3.05, 3.63) is 88.9 Å². The average molecular weight is 467 g/mol. The van der Waals surface area contributed by atoms with E-state index in [2.05, 4.69) is 43.0 Å². The lowest BCUT2D eigenvalue weighted by Crippen LogP contribution is -2.42. The molecule has 0 amide bonds. The monoisotopic (exact) mass is 466 g/mol. The van der Waals surface area contributed by atoms with Gasteiger partial charge in [-0.15, -0.1) is 0 Å². The highest BCUT2D eigenvalue weighted by atomic mass is 35.5. The first-order valence-electron chi connectivity index (χ1n) is 11.6. The second-order valence-corrected chi connectivity index (χ2v) is 9.23. The highest BCUT2D eigenvalue weighted by Gasteiger charge is 2.19. The summed E-state index contributed by atoms with van der Waals surface area (Å²) >= 11 is 5.99. The highest BCUT2D eigenvalue weighted by molar-refractivity contribution is 6.30. The van der Waals surface area contributed by atoms with Crippen LogP contribution in [-0.2, 0) is 13.0 Å². The van der Waals surface area contributed by atoms with Gasteiger partial charge in [0.25, 0.3) is 0 Å². The topological polar surface area (TPSA) is 47.7 Å². The van der Waals surface area contributed by atoms with Gasteiger partial charge >= 0.3 is 0 Å². The first-order valence-corrected chi connectivity index (χ1v) is 11.9. The maximum Gasteiger partial charge on any atom is 0.127 e. The van der Waals surface area contributed by atoms with Crippen LogP contribution in [0.2, 0.25) is 5.02 Å². The van der Waals surface area contributed by atoms with Crippen LogP contribution in [0.3, 0.4) is 0 Å². The van der Waals surface area contributed by atoms with Crippen LogP contribution in [0.15, 0.2) is 72.8 Å². The minimum atomic E-state index is 0.323. The van der Waals surface area contributed by atoms with Gasteiger partial charge in [0.15, 0.2) is 0 Å². The maximum atomic E-state index is 6.23. The second-order valence-electron chi connectivity index (χ2n) is 8.79. The lowest BCUT2D eigenvalue weighted by molar-refractivity contribution is 0.171. The Morgan fingerprint density at radius 1 is 0.879 bits per heavy atom. The predicted molar refractivity (Wildman–Crippen MR) is 137 cm³/mol. The van der Waals surface area contributed by atoms with E-state index in [1.807, 2.05) is 48.5 Å². The summed E-state index contributed by atoms with van der Waals surface area (Å²) in [5.41, 5.74) is 8.73. The number of hydrogen-bond donors (Lipinski definition) is 1. The molecule has 0 heterocycles. The van der Waals surface area contributed by atoms with Gasteiger partial charge in [0.05, 0.1) is 7.11 Å². The molecule has 0 aromatic heterocycles. The molecule has 0 radical (unpaired) electrons. The Balaban J connectivity index is 1.73. The van der Waals surface area contributed by atoms with Crippen LogP contribution in [0.25, 0.3) is 0 Å². The number of ether oxygens (including phenoxy) is 2. The van der Waals surface area contributed by atoms with E-state index >= 15 is 0 Å². The molecule has 3 rings (SSSR count). The molecule has 2 N–H and O–H groups in total. The van der Waals surface area contributed by atoms with Crippen molar-refractivity contribution < 1.29 is 9.47 Å². The van der Waals surface area contributed by atoms with Crippen LogP contribution in [-0.4, -0.2) is 31.1 Å². The van der Waals surface area contributed by atoms with E-state index in [9.17, 15) is 0 Å². The molecule has 0 aliphatic heterocycles. The molecule has 0 fully saturated rings. The first-order chi connectivity index (χ1) is 16.0. The third-order valence-electron chi connectivity index (χ3n) is 5.71. The molecule has 3 aromatic carbocycles. The number of methoxy groups -OCH3 is 1. The Morgan fingerprint density at radius 2 is 1.58 bits per heavy atom. The fourth-order valence-electron chi connectivity index (χ4n) is 3.97. The van der Waals surface area contributed by atoms with Gasteiger partial charge in [0, 0.05) is 30.7 Å². The number of benzene rings is 3. The minimum Gasteiger partial charge on any atom is -0.497 e. The number of nitrogens with two attached hydrogens (primary N) is 1. The van der Waals surface area contributed by atoms with E-state index in [-0.39, 0.29) is 0 Å². The SMILES string of the molecule is COc1ccc(CCN(Cc2cccc(Oc3ccc(Cl)cc3)c2)C(CN)CC(C)C)cc1. The maximum absolute atomic E-state index is 6.23. The van der Waals surface area contributed by atoms with Gasteiger partial charge in [-0.1, -0.05) is 49.7 Å². The van der Waals surface area contributed by atoms with Crippen molar-refractivity contribution in [3.63, 3.8) is 0 Å². The lowest BCUT2D eigenvalue weighted by Gasteiger charge is -2.32. The van der Waals surface area contributed by atoms with E-state index in [0.29, 0.717) is 23.5 Å². The van der Waals surface area contributed by atoms with Crippen LogP contribution < -0.4 is 15.2 Å². The molecule has 33 heavy (non-hydrogen) atoms. The number of nitrogens with zero attached hydrogens (tertiary/aromatic N) is 1. The van der Waals surface area contributed by atoms with E-state index in [1.54, 1.807) is 7.11 Å². The summed E-state index contributed by atoms with van der Waals surface area (Å²) in [6, 6.07) is 24.3. The zero-order chi connectivity index (χ0) is 23.6. The van der Waals surface area contributed by atoms with Crippen molar-refractivity contribution in [2.45, 2.75) is 39.3 Å². The van der Waals surface area contributed by atoms with E-state index in [4.69, 9.17) is 26.8 Å². The van der Waals surface area contributed by atoms with Crippen LogP contribution in [0.5, 0.6) is 17.2 Å². The number of halogens is 1. The van der Waals surface area contributed by atoms with Gasteiger partial charge in [0.2, 0.25) is 0 Å². The normalized spacial score (nSPS) is 12.2. The Bertz CT molecular complexity index is 974. The molecule has 0 spiro atoms. The smallest absolute Gasteiger partial charge is 0.127 e. The van der Waals surface area contributed by atoms with Crippen LogP contribution in [0.4, 0.5) is 0 Å². The third-order valence-corrected chi connectivity index (χ3v) is 5.96. The zero-order valence-electron chi connectivity index (χ0n) is 19.8. The van der Waals surface area contributed by atoms with Crippen LogP contribution >= 0.6 is 11.6 Å².